The lowest BCUT2D eigenvalue weighted by atomic mass is 9.94. The van der Waals surface area contributed by atoms with Crippen LogP contribution in [-0.4, -0.2) is 40.9 Å². The first kappa shape index (κ1) is 23.1. The molecule has 0 aliphatic heterocycles. The number of carbonyl (C=O) groups is 2. The molecule has 1 saturated carbocycles. The quantitative estimate of drug-likeness (QED) is 0.408. The summed E-state index contributed by atoms with van der Waals surface area (Å²) in [6.45, 7) is 1.92. The van der Waals surface area contributed by atoms with Gasteiger partial charge in [0.2, 0.25) is 15.0 Å². The van der Waals surface area contributed by atoms with Gasteiger partial charge in [0, 0.05) is 34.9 Å². The van der Waals surface area contributed by atoms with Gasteiger partial charge in [0.1, 0.15) is 0 Å². The lowest BCUT2D eigenvalue weighted by Gasteiger charge is -2.14. The summed E-state index contributed by atoms with van der Waals surface area (Å²) in [5, 5.41) is 5.70. The topological polar surface area (TPSA) is 134 Å². The van der Waals surface area contributed by atoms with Crippen LogP contribution in [0.1, 0.15) is 46.5 Å². The lowest BCUT2D eigenvalue weighted by molar-refractivity contribution is 0.0923. The van der Waals surface area contributed by atoms with Crippen molar-refractivity contribution in [1.29, 1.82) is 0 Å². The first-order valence-electron chi connectivity index (χ1n) is 10.7. The minimum absolute atomic E-state index is 0.00869. The monoisotopic (exact) mass is 487 g/mol. The molecule has 0 spiro atoms. The SMILES string of the molecule is Cc1ccc(NC(=O)Nc2ncc(CCS(=O)(=O)c3ncc[nH]3)s2)c(C(=O)C2CCCC2)c1. The Bertz CT molecular complexity index is 1250. The van der Waals surface area contributed by atoms with Crippen LogP contribution in [0.2, 0.25) is 0 Å². The number of nitrogens with one attached hydrogen (secondary N) is 3. The molecule has 2 aromatic heterocycles. The van der Waals surface area contributed by atoms with E-state index in [1.54, 1.807) is 12.3 Å². The molecule has 174 valence electrons. The zero-order valence-corrected chi connectivity index (χ0v) is 19.8. The van der Waals surface area contributed by atoms with E-state index < -0.39 is 15.9 Å². The number of aromatic nitrogens is 3. The van der Waals surface area contributed by atoms with Crippen molar-refractivity contribution >= 4 is 43.8 Å². The fourth-order valence-corrected chi connectivity index (χ4v) is 5.95. The molecule has 9 nitrogen and oxygen atoms in total. The summed E-state index contributed by atoms with van der Waals surface area (Å²) in [6, 6.07) is 4.90. The molecule has 3 N–H and O–H groups in total. The second-order valence-corrected chi connectivity index (χ2v) is 11.2. The maximum absolute atomic E-state index is 13.0. The molecule has 0 saturated heterocycles. The number of hydrogen-bond acceptors (Lipinski definition) is 7. The van der Waals surface area contributed by atoms with Crippen LogP contribution in [0.5, 0.6) is 0 Å². The van der Waals surface area contributed by atoms with Crippen LogP contribution in [0.25, 0.3) is 0 Å². The van der Waals surface area contributed by atoms with Crippen LogP contribution in [0, 0.1) is 12.8 Å². The van der Waals surface area contributed by atoms with Gasteiger partial charge in [0.05, 0.1) is 11.4 Å². The number of urea groups is 1. The first-order chi connectivity index (χ1) is 15.8. The van der Waals surface area contributed by atoms with E-state index in [0.717, 1.165) is 31.2 Å². The van der Waals surface area contributed by atoms with E-state index in [1.807, 2.05) is 19.1 Å². The Labute approximate surface area is 196 Å². The maximum atomic E-state index is 13.0. The average Bonchev–Trinajstić information content (AvgIpc) is 3.55. The molecule has 3 aromatic rings. The van der Waals surface area contributed by atoms with Gasteiger partial charge >= 0.3 is 6.03 Å². The van der Waals surface area contributed by atoms with Crippen molar-refractivity contribution in [3.05, 3.63) is 52.8 Å². The largest absolute Gasteiger partial charge is 0.336 e. The van der Waals surface area contributed by atoms with Gasteiger partial charge in [-0.05, 0) is 38.3 Å². The lowest BCUT2D eigenvalue weighted by Crippen LogP contribution is -2.22. The fraction of sp³-hybridized carbons (Fsp3) is 0.364. The van der Waals surface area contributed by atoms with E-state index in [-0.39, 0.29) is 29.0 Å². The van der Waals surface area contributed by atoms with E-state index in [4.69, 9.17) is 0 Å². The van der Waals surface area contributed by atoms with Gasteiger partial charge in [-0.1, -0.05) is 24.5 Å². The number of amides is 2. The highest BCUT2D eigenvalue weighted by Crippen LogP contribution is 2.31. The number of rotatable bonds is 8. The van der Waals surface area contributed by atoms with Gasteiger partial charge in [-0.2, -0.15) is 0 Å². The number of anilines is 2. The zero-order chi connectivity index (χ0) is 23.4. The Balaban J connectivity index is 1.38. The van der Waals surface area contributed by atoms with Crippen molar-refractivity contribution in [3.63, 3.8) is 0 Å². The molecule has 0 unspecified atom stereocenters. The number of carbonyl (C=O) groups excluding carboxylic acids is 2. The molecule has 1 aliphatic carbocycles. The number of thiazole rings is 1. The third-order valence-electron chi connectivity index (χ3n) is 5.57. The first-order valence-corrected chi connectivity index (χ1v) is 13.2. The van der Waals surface area contributed by atoms with Crippen LogP contribution < -0.4 is 10.6 Å². The predicted octanol–water partition coefficient (Wildman–Crippen LogP) is 4.21. The summed E-state index contributed by atoms with van der Waals surface area (Å²) < 4.78 is 24.5. The van der Waals surface area contributed by atoms with E-state index in [2.05, 4.69) is 25.6 Å². The van der Waals surface area contributed by atoms with Gasteiger partial charge in [0.25, 0.3) is 0 Å². The molecule has 1 aromatic carbocycles. The average molecular weight is 488 g/mol. The Hall–Kier alpha value is -3.05. The van der Waals surface area contributed by atoms with Gasteiger partial charge < -0.3 is 10.3 Å². The second-order valence-electron chi connectivity index (χ2n) is 8.07. The molecule has 4 rings (SSSR count). The Morgan fingerprint density at radius 1 is 1.18 bits per heavy atom. The summed E-state index contributed by atoms with van der Waals surface area (Å²) in [7, 11) is -3.51. The number of ketones is 1. The molecule has 0 atom stereocenters. The number of aromatic amines is 1. The van der Waals surface area contributed by atoms with Gasteiger partial charge in [-0.3, -0.25) is 10.1 Å². The number of nitrogens with zero attached hydrogens (tertiary/aromatic N) is 2. The van der Waals surface area contributed by atoms with Crippen molar-refractivity contribution in [2.24, 2.45) is 5.92 Å². The van der Waals surface area contributed by atoms with Crippen molar-refractivity contribution < 1.29 is 18.0 Å². The summed E-state index contributed by atoms with van der Waals surface area (Å²) in [5.41, 5.74) is 1.95. The van der Waals surface area contributed by atoms with E-state index in [9.17, 15) is 18.0 Å². The molecule has 1 aliphatic rings. The normalized spacial score (nSPS) is 14.3. The third kappa shape index (κ3) is 5.66. The van der Waals surface area contributed by atoms with Crippen molar-refractivity contribution in [2.75, 3.05) is 16.4 Å². The van der Waals surface area contributed by atoms with Crippen LogP contribution in [0.15, 0.2) is 41.9 Å². The predicted molar refractivity (Wildman–Crippen MR) is 127 cm³/mol. The van der Waals surface area contributed by atoms with E-state index in [0.29, 0.717) is 21.3 Å². The second kappa shape index (κ2) is 9.84. The van der Waals surface area contributed by atoms with Crippen LogP contribution in [0.3, 0.4) is 0 Å². The molecular formula is C22H25N5O4S2. The molecule has 0 radical (unpaired) electrons. The molecule has 0 bridgehead atoms. The molecule has 2 heterocycles. The zero-order valence-electron chi connectivity index (χ0n) is 18.1. The summed E-state index contributed by atoms with van der Waals surface area (Å²) >= 11 is 1.20. The van der Waals surface area contributed by atoms with Crippen molar-refractivity contribution in [2.45, 2.75) is 44.2 Å². The third-order valence-corrected chi connectivity index (χ3v) is 8.10. The van der Waals surface area contributed by atoms with Crippen molar-refractivity contribution in [3.8, 4) is 0 Å². The number of aryl methyl sites for hydroxylation is 2. The summed E-state index contributed by atoms with van der Waals surface area (Å²) in [6.07, 6.45) is 8.52. The smallest absolute Gasteiger partial charge is 0.325 e. The standard InChI is InChI=1S/C22H25N5O4S2/c1-14-6-7-18(17(12-14)19(28)15-4-2-3-5-15)26-20(29)27-21-25-13-16(32-21)8-11-33(30,31)22-23-9-10-24-22/h6-7,9-10,12-13,15H,2-5,8,11H2,1H3,(H,23,24)(H2,25,26,27,29). The number of hydrogen-bond donors (Lipinski definition) is 3. The number of benzene rings is 1. The molecule has 2 amide bonds. The van der Waals surface area contributed by atoms with Crippen LogP contribution in [0.4, 0.5) is 15.6 Å². The number of sulfone groups is 1. The Morgan fingerprint density at radius 3 is 2.70 bits per heavy atom. The van der Waals surface area contributed by atoms with E-state index in [1.165, 1.54) is 23.7 Å². The minimum Gasteiger partial charge on any atom is -0.336 e. The number of H-pyrrole nitrogens is 1. The van der Waals surface area contributed by atoms with Gasteiger partial charge in [-0.25, -0.2) is 23.2 Å². The minimum atomic E-state index is -3.51. The molecule has 33 heavy (non-hydrogen) atoms. The molecular weight excluding hydrogens is 462 g/mol. The number of imidazole rings is 1. The van der Waals surface area contributed by atoms with Gasteiger partial charge in [-0.15, -0.1) is 11.3 Å². The van der Waals surface area contributed by atoms with E-state index >= 15 is 0 Å². The van der Waals surface area contributed by atoms with Gasteiger partial charge in [0.15, 0.2) is 10.9 Å². The molecule has 1 fully saturated rings. The summed E-state index contributed by atoms with van der Waals surface area (Å²) in [5.74, 6) is -0.0418. The van der Waals surface area contributed by atoms with Crippen molar-refractivity contribution in [1.82, 2.24) is 15.0 Å². The number of Topliss-reactive ketones (excluding diaryl/α,β-unsaturated/α-hetero) is 1. The molecule has 11 heteroatoms. The Kier molecular flexibility index (Phi) is 6.89. The fourth-order valence-electron chi connectivity index (χ4n) is 3.86. The van der Waals surface area contributed by atoms with Crippen LogP contribution in [-0.2, 0) is 16.3 Å². The highest BCUT2D eigenvalue weighted by atomic mass is 32.2. The highest BCUT2D eigenvalue weighted by Gasteiger charge is 2.26. The summed E-state index contributed by atoms with van der Waals surface area (Å²) in [4.78, 5) is 36.8. The highest BCUT2D eigenvalue weighted by molar-refractivity contribution is 7.91. The Morgan fingerprint density at radius 2 is 1.97 bits per heavy atom. The maximum Gasteiger partial charge on any atom is 0.325 e. The van der Waals surface area contributed by atoms with Crippen LogP contribution >= 0.6 is 11.3 Å².